The maximum atomic E-state index is 4.90. The fraction of sp³-hybridized carbons (Fsp3) is 0.136. The molecule has 0 aliphatic carbocycles. The standard InChI is InChI=1S/C22H20N2/c1-16(2)17-12-14-18(15-13-17)22-23-20-10-6-7-11-21(20)24(22)19-8-4-3-5-9-19/h3-16H,1-2H3. The van der Waals surface area contributed by atoms with Crippen molar-refractivity contribution in [3.05, 3.63) is 84.4 Å². The lowest BCUT2D eigenvalue weighted by atomic mass is 10.0. The second-order valence-electron chi connectivity index (χ2n) is 6.37. The first-order chi connectivity index (χ1) is 11.7. The molecule has 0 unspecified atom stereocenters. The SMILES string of the molecule is CC(C)c1ccc(-c2nc3ccccc3n2-c2ccccc2)cc1. The third-order valence-corrected chi connectivity index (χ3v) is 4.41. The number of para-hydroxylation sites is 3. The fourth-order valence-electron chi connectivity index (χ4n) is 3.08. The largest absolute Gasteiger partial charge is 0.292 e. The van der Waals surface area contributed by atoms with Crippen LogP contribution in [0.4, 0.5) is 0 Å². The highest BCUT2D eigenvalue weighted by Gasteiger charge is 2.14. The maximum absolute atomic E-state index is 4.90. The Morgan fingerprint density at radius 2 is 1.42 bits per heavy atom. The predicted molar refractivity (Wildman–Crippen MR) is 101 cm³/mol. The first kappa shape index (κ1) is 14.7. The molecule has 2 heteroatoms. The zero-order valence-corrected chi connectivity index (χ0v) is 14.0. The number of fused-ring (bicyclic) bond motifs is 1. The fourth-order valence-corrected chi connectivity index (χ4v) is 3.08. The van der Waals surface area contributed by atoms with Crippen molar-refractivity contribution in [1.29, 1.82) is 0 Å². The summed E-state index contributed by atoms with van der Waals surface area (Å²) >= 11 is 0. The molecule has 24 heavy (non-hydrogen) atoms. The summed E-state index contributed by atoms with van der Waals surface area (Å²) in [6.45, 7) is 4.43. The average Bonchev–Trinajstić information content (AvgIpc) is 3.02. The summed E-state index contributed by atoms with van der Waals surface area (Å²) in [4.78, 5) is 4.90. The molecule has 0 aliphatic rings. The minimum atomic E-state index is 0.534. The zero-order chi connectivity index (χ0) is 16.5. The number of hydrogen-bond donors (Lipinski definition) is 0. The van der Waals surface area contributed by atoms with E-state index in [2.05, 4.69) is 85.1 Å². The van der Waals surface area contributed by atoms with E-state index in [1.165, 1.54) is 5.56 Å². The third kappa shape index (κ3) is 2.50. The number of rotatable bonds is 3. The van der Waals surface area contributed by atoms with Gasteiger partial charge in [0, 0.05) is 11.3 Å². The normalized spacial score (nSPS) is 11.3. The van der Waals surface area contributed by atoms with Gasteiger partial charge in [-0.3, -0.25) is 4.57 Å². The molecule has 4 aromatic rings. The van der Waals surface area contributed by atoms with E-state index in [0.717, 1.165) is 28.1 Å². The van der Waals surface area contributed by atoms with Crippen LogP contribution in [0.1, 0.15) is 25.3 Å². The molecular weight excluding hydrogens is 292 g/mol. The van der Waals surface area contributed by atoms with E-state index in [1.54, 1.807) is 0 Å². The Morgan fingerprint density at radius 1 is 0.750 bits per heavy atom. The van der Waals surface area contributed by atoms with Gasteiger partial charge in [-0.05, 0) is 35.7 Å². The minimum Gasteiger partial charge on any atom is -0.292 e. The molecule has 2 nitrogen and oxygen atoms in total. The number of benzene rings is 3. The van der Waals surface area contributed by atoms with Gasteiger partial charge in [0.05, 0.1) is 11.0 Å². The summed E-state index contributed by atoms with van der Waals surface area (Å²) in [5.74, 6) is 1.52. The van der Waals surface area contributed by atoms with Gasteiger partial charge in [0.25, 0.3) is 0 Å². The van der Waals surface area contributed by atoms with Crippen molar-refractivity contribution in [1.82, 2.24) is 9.55 Å². The van der Waals surface area contributed by atoms with Crippen molar-refractivity contribution in [2.75, 3.05) is 0 Å². The lowest BCUT2D eigenvalue weighted by molar-refractivity contribution is 0.867. The molecule has 0 fully saturated rings. The lowest BCUT2D eigenvalue weighted by Crippen LogP contribution is -1.97. The van der Waals surface area contributed by atoms with Gasteiger partial charge < -0.3 is 0 Å². The Bertz CT molecular complexity index is 964. The van der Waals surface area contributed by atoms with Gasteiger partial charge in [-0.2, -0.15) is 0 Å². The molecule has 0 spiro atoms. The van der Waals surface area contributed by atoms with Gasteiger partial charge in [-0.1, -0.05) is 68.4 Å². The van der Waals surface area contributed by atoms with Crippen LogP contribution in [0.15, 0.2) is 78.9 Å². The smallest absolute Gasteiger partial charge is 0.145 e. The summed E-state index contributed by atoms with van der Waals surface area (Å²) in [6.07, 6.45) is 0. The summed E-state index contributed by atoms with van der Waals surface area (Å²) in [5.41, 5.74) is 5.77. The third-order valence-electron chi connectivity index (χ3n) is 4.41. The van der Waals surface area contributed by atoms with Gasteiger partial charge >= 0.3 is 0 Å². The Kier molecular flexibility index (Phi) is 3.66. The molecular formula is C22H20N2. The van der Waals surface area contributed by atoms with E-state index in [-0.39, 0.29) is 0 Å². The van der Waals surface area contributed by atoms with Crippen molar-refractivity contribution in [3.63, 3.8) is 0 Å². The van der Waals surface area contributed by atoms with Crippen LogP contribution in [0.3, 0.4) is 0 Å². The number of imidazole rings is 1. The first-order valence-corrected chi connectivity index (χ1v) is 8.37. The van der Waals surface area contributed by atoms with E-state index in [9.17, 15) is 0 Å². The monoisotopic (exact) mass is 312 g/mol. The van der Waals surface area contributed by atoms with Crippen molar-refractivity contribution >= 4 is 11.0 Å². The van der Waals surface area contributed by atoms with E-state index < -0.39 is 0 Å². The summed E-state index contributed by atoms with van der Waals surface area (Å²) < 4.78 is 2.24. The molecule has 0 aliphatic heterocycles. The molecule has 0 bridgehead atoms. The van der Waals surface area contributed by atoms with Crippen molar-refractivity contribution < 1.29 is 0 Å². The topological polar surface area (TPSA) is 17.8 Å². The van der Waals surface area contributed by atoms with Gasteiger partial charge in [0.1, 0.15) is 5.82 Å². The van der Waals surface area contributed by atoms with E-state index in [1.807, 2.05) is 12.1 Å². The average molecular weight is 312 g/mol. The van der Waals surface area contributed by atoms with Gasteiger partial charge in [-0.15, -0.1) is 0 Å². The lowest BCUT2D eigenvalue weighted by Gasteiger charge is -2.11. The first-order valence-electron chi connectivity index (χ1n) is 8.37. The van der Waals surface area contributed by atoms with Crippen molar-refractivity contribution in [2.45, 2.75) is 19.8 Å². The van der Waals surface area contributed by atoms with Gasteiger partial charge in [0.2, 0.25) is 0 Å². The van der Waals surface area contributed by atoms with Crippen LogP contribution in [0.2, 0.25) is 0 Å². The van der Waals surface area contributed by atoms with Crippen molar-refractivity contribution in [3.8, 4) is 17.1 Å². The Hall–Kier alpha value is -2.87. The Labute approximate surface area is 142 Å². The number of nitrogens with zero attached hydrogens (tertiary/aromatic N) is 2. The van der Waals surface area contributed by atoms with E-state index in [0.29, 0.717) is 5.92 Å². The molecule has 0 atom stereocenters. The highest BCUT2D eigenvalue weighted by atomic mass is 15.1. The van der Waals surface area contributed by atoms with Crippen LogP contribution < -0.4 is 0 Å². The van der Waals surface area contributed by atoms with Crippen LogP contribution in [0.5, 0.6) is 0 Å². The molecule has 3 aromatic carbocycles. The predicted octanol–water partition coefficient (Wildman–Crippen LogP) is 5.82. The molecule has 0 saturated carbocycles. The summed E-state index contributed by atoms with van der Waals surface area (Å²) in [7, 11) is 0. The van der Waals surface area contributed by atoms with Gasteiger partial charge in [-0.25, -0.2) is 4.98 Å². The maximum Gasteiger partial charge on any atom is 0.145 e. The molecule has 4 rings (SSSR count). The zero-order valence-electron chi connectivity index (χ0n) is 14.0. The second kappa shape index (κ2) is 5.97. The number of hydrogen-bond acceptors (Lipinski definition) is 1. The highest BCUT2D eigenvalue weighted by Crippen LogP contribution is 2.29. The molecule has 0 amide bonds. The molecule has 0 radical (unpaired) electrons. The summed E-state index contributed by atoms with van der Waals surface area (Å²) in [6, 6.07) is 27.5. The van der Waals surface area contributed by atoms with E-state index in [4.69, 9.17) is 4.98 Å². The minimum absolute atomic E-state index is 0.534. The summed E-state index contributed by atoms with van der Waals surface area (Å²) in [5, 5.41) is 0. The van der Waals surface area contributed by atoms with Crippen LogP contribution >= 0.6 is 0 Å². The molecule has 1 heterocycles. The quantitative estimate of drug-likeness (QED) is 0.466. The molecule has 118 valence electrons. The van der Waals surface area contributed by atoms with Crippen LogP contribution in [0.25, 0.3) is 28.1 Å². The Morgan fingerprint density at radius 3 is 2.12 bits per heavy atom. The molecule has 0 N–H and O–H groups in total. The molecule has 0 saturated heterocycles. The highest BCUT2D eigenvalue weighted by molar-refractivity contribution is 5.83. The van der Waals surface area contributed by atoms with Gasteiger partial charge in [0.15, 0.2) is 0 Å². The van der Waals surface area contributed by atoms with Crippen molar-refractivity contribution in [2.24, 2.45) is 0 Å². The van der Waals surface area contributed by atoms with E-state index >= 15 is 0 Å². The van der Waals surface area contributed by atoms with Crippen LogP contribution in [-0.2, 0) is 0 Å². The van der Waals surface area contributed by atoms with Crippen LogP contribution in [0, 0.1) is 0 Å². The number of aromatic nitrogens is 2. The molecule has 1 aromatic heterocycles. The Balaban J connectivity index is 1.95. The van der Waals surface area contributed by atoms with Crippen LogP contribution in [-0.4, -0.2) is 9.55 Å². The second-order valence-corrected chi connectivity index (χ2v) is 6.37.